The van der Waals surface area contributed by atoms with E-state index in [0.29, 0.717) is 17.9 Å². The lowest BCUT2D eigenvalue weighted by Gasteiger charge is -2.28. The van der Waals surface area contributed by atoms with Crippen molar-refractivity contribution >= 4 is 29.2 Å². The van der Waals surface area contributed by atoms with Gasteiger partial charge in [-0.05, 0) is 36.6 Å². The maximum Gasteiger partial charge on any atom is 0.307 e. The minimum atomic E-state index is -0.386. The van der Waals surface area contributed by atoms with Gasteiger partial charge in [0.25, 0.3) is 5.91 Å². The Bertz CT molecular complexity index is 1000. The van der Waals surface area contributed by atoms with Gasteiger partial charge in [-0.3, -0.25) is 14.4 Å². The maximum atomic E-state index is 13.3. The van der Waals surface area contributed by atoms with Gasteiger partial charge in [0.15, 0.2) is 0 Å². The van der Waals surface area contributed by atoms with Gasteiger partial charge in [-0.1, -0.05) is 42.5 Å². The molecule has 1 aliphatic heterocycles. The largest absolute Gasteiger partial charge is 0.469 e. The van der Waals surface area contributed by atoms with Crippen LogP contribution >= 0.6 is 0 Å². The van der Waals surface area contributed by atoms with Crippen LogP contribution in [0.4, 0.5) is 5.69 Å². The summed E-state index contributed by atoms with van der Waals surface area (Å²) in [4.78, 5) is 39.2. The third kappa shape index (κ3) is 5.57. The number of rotatable bonds is 7. The van der Waals surface area contributed by atoms with Crippen molar-refractivity contribution in [1.29, 1.82) is 0 Å². The molecule has 7 nitrogen and oxygen atoms in total. The highest BCUT2D eigenvalue weighted by Gasteiger charge is 2.29. The van der Waals surface area contributed by atoms with E-state index in [9.17, 15) is 14.4 Å². The number of hydrazone groups is 1. The van der Waals surface area contributed by atoms with Gasteiger partial charge < -0.3 is 9.64 Å². The quantitative estimate of drug-likeness (QED) is 0.642. The first-order valence-corrected chi connectivity index (χ1v) is 10.3. The minimum absolute atomic E-state index is 0.0853. The van der Waals surface area contributed by atoms with E-state index in [-0.39, 0.29) is 43.6 Å². The standard InChI is InChI=1S/C24H27N3O4/c1-17-9-10-18(2)21(15-17)27-22(28)12-11-20(25-27)24(30)26(14-13-23(29)31-3)16-19-7-5-4-6-8-19/h4-10,15H,11-14,16H2,1-3H3. The minimum Gasteiger partial charge on any atom is -0.469 e. The predicted molar refractivity (Wildman–Crippen MR) is 119 cm³/mol. The van der Waals surface area contributed by atoms with E-state index in [2.05, 4.69) is 5.10 Å². The molecular weight excluding hydrogens is 394 g/mol. The Kier molecular flexibility index (Phi) is 7.18. The molecule has 0 fully saturated rings. The number of esters is 1. The molecule has 2 aromatic carbocycles. The van der Waals surface area contributed by atoms with E-state index in [1.54, 1.807) is 4.90 Å². The predicted octanol–water partition coefficient (Wildman–Crippen LogP) is 3.38. The summed E-state index contributed by atoms with van der Waals surface area (Å²) >= 11 is 0. The van der Waals surface area contributed by atoms with Crippen LogP contribution in [0.2, 0.25) is 0 Å². The number of carbonyl (C=O) groups excluding carboxylic acids is 3. The molecule has 0 atom stereocenters. The van der Waals surface area contributed by atoms with Crippen LogP contribution < -0.4 is 5.01 Å². The Morgan fingerprint density at radius 2 is 1.84 bits per heavy atom. The molecule has 0 radical (unpaired) electrons. The van der Waals surface area contributed by atoms with E-state index in [4.69, 9.17) is 4.74 Å². The smallest absolute Gasteiger partial charge is 0.307 e. The molecule has 3 rings (SSSR count). The highest BCUT2D eigenvalue weighted by molar-refractivity contribution is 6.40. The van der Waals surface area contributed by atoms with Crippen molar-refractivity contribution in [1.82, 2.24) is 4.90 Å². The van der Waals surface area contributed by atoms with Crippen molar-refractivity contribution in [3.8, 4) is 0 Å². The Morgan fingerprint density at radius 1 is 1.10 bits per heavy atom. The Hall–Kier alpha value is -3.48. The van der Waals surface area contributed by atoms with Crippen molar-refractivity contribution in [2.45, 2.75) is 39.7 Å². The second-order valence-electron chi connectivity index (χ2n) is 7.58. The zero-order chi connectivity index (χ0) is 22.4. The Morgan fingerprint density at radius 3 is 2.55 bits per heavy atom. The summed E-state index contributed by atoms with van der Waals surface area (Å²) in [7, 11) is 1.32. The van der Waals surface area contributed by atoms with E-state index < -0.39 is 0 Å². The SMILES string of the molecule is COC(=O)CCN(Cc1ccccc1)C(=O)C1=NN(c2cc(C)ccc2C)C(=O)CC1. The molecule has 0 unspecified atom stereocenters. The van der Waals surface area contributed by atoms with E-state index in [1.807, 2.05) is 62.4 Å². The zero-order valence-corrected chi connectivity index (χ0v) is 18.1. The summed E-state index contributed by atoms with van der Waals surface area (Å²) in [5, 5.41) is 5.77. The van der Waals surface area contributed by atoms with E-state index in [0.717, 1.165) is 16.7 Å². The third-order valence-corrected chi connectivity index (χ3v) is 5.19. The molecule has 0 N–H and O–H groups in total. The number of methoxy groups -OCH3 is 1. The average Bonchev–Trinajstić information content (AvgIpc) is 2.78. The second kappa shape index (κ2) is 10.0. The first-order chi connectivity index (χ1) is 14.9. The van der Waals surface area contributed by atoms with Crippen LogP contribution in [0, 0.1) is 13.8 Å². The molecule has 1 heterocycles. The molecule has 0 aromatic heterocycles. The third-order valence-electron chi connectivity index (χ3n) is 5.19. The number of ether oxygens (including phenoxy) is 1. The van der Waals surface area contributed by atoms with Crippen LogP contribution in [-0.2, 0) is 25.7 Å². The molecule has 2 aromatic rings. The van der Waals surface area contributed by atoms with Crippen LogP contribution in [0.5, 0.6) is 0 Å². The lowest BCUT2D eigenvalue weighted by Crippen LogP contribution is -2.42. The fourth-order valence-electron chi connectivity index (χ4n) is 3.41. The number of carbonyl (C=O) groups is 3. The summed E-state index contributed by atoms with van der Waals surface area (Å²) in [5.74, 6) is -0.811. The van der Waals surface area contributed by atoms with Crippen molar-refractivity contribution in [2.24, 2.45) is 5.10 Å². The molecule has 0 spiro atoms. The average molecular weight is 421 g/mol. The lowest BCUT2D eigenvalue weighted by molar-refractivity contribution is -0.141. The van der Waals surface area contributed by atoms with Crippen LogP contribution in [0.15, 0.2) is 53.6 Å². The van der Waals surface area contributed by atoms with Crippen molar-refractivity contribution in [2.75, 3.05) is 18.7 Å². The summed E-state index contributed by atoms with van der Waals surface area (Å²) < 4.78 is 4.73. The fraction of sp³-hybridized carbons (Fsp3) is 0.333. The van der Waals surface area contributed by atoms with Crippen LogP contribution in [0.25, 0.3) is 0 Å². The van der Waals surface area contributed by atoms with Crippen molar-refractivity contribution in [3.63, 3.8) is 0 Å². The molecule has 162 valence electrons. The van der Waals surface area contributed by atoms with E-state index >= 15 is 0 Å². The number of aryl methyl sites for hydroxylation is 2. The maximum absolute atomic E-state index is 13.3. The zero-order valence-electron chi connectivity index (χ0n) is 18.1. The number of benzene rings is 2. The van der Waals surface area contributed by atoms with Gasteiger partial charge in [0.05, 0.1) is 19.2 Å². The normalized spacial score (nSPS) is 13.6. The Labute approximate surface area is 182 Å². The number of anilines is 1. The van der Waals surface area contributed by atoms with Gasteiger partial charge in [0.2, 0.25) is 5.91 Å². The fourth-order valence-corrected chi connectivity index (χ4v) is 3.41. The van der Waals surface area contributed by atoms with Gasteiger partial charge in [-0.2, -0.15) is 5.10 Å². The molecule has 0 saturated carbocycles. The van der Waals surface area contributed by atoms with E-state index in [1.165, 1.54) is 12.1 Å². The second-order valence-corrected chi connectivity index (χ2v) is 7.58. The first-order valence-electron chi connectivity index (χ1n) is 10.3. The van der Waals surface area contributed by atoms with Crippen LogP contribution in [-0.4, -0.2) is 42.0 Å². The molecular formula is C24H27N3O4. The highest BCUT2D eigenvalue weighted by atomic mass is 16.5. The first kappa shape index (κ1) is 22.2. The lowest BCUT2D eigenvalue weighted by atomic mass is 10.1. The summed E-state index contributed by atoms with van der Waals surface area (Å²) in [5.41, 5.74) is 3.84. The topological polar surface area (TPSA) is 79.3 Å². The monoisotopic (exact) mass is 421 g/mol. The summed E-state index contributed by atoms with van der Waals surface area (Å²) in [6, 6.07) is 15.3. The molecule has 2 amide bonds. The number of nitrogens with zero attached hydrogens (tertiary/aromatic N) is 3. The number of hydrogen-bond donors (Lipinski definition) is 0. The van der Waals surface area contributed by atoms with Gasteiger partial charge in [0.1, 0.15) is 5.71 Å². The van der Waals surface area contributed by atoms with Crippen LogP contribution in [0.3, 0.4) is 0 Å². The molecule has 1 aliphatic rings. The Balaban J connectivity index is 1.88. The summed E-state index contributed by atoms with van der Waals surface area (Å²) in [6.45, 7) is 4.40. The molecule has 0 bridgehead atoms. The van der Waals surface area contributed by atoms with Gasteiger partial charge in [-0.15, -0.1) is 0 Å². The van der Waals surface area contributed by atoms with Crippen LogP contribution in [0.1, 0.15) is 36.0 Å². The van der Waals surface area contributed by atoms with Crippen molar-refractivity contribution < 1.29 is 19.1 Å². The van der Waals surface area contributed by atoms with Gasteiger partial charge >= 0.3 is 5.97 Å². The molecule has 0 saturated heterocycles. The summed E-state index contributed by atoms with van der Waals surface area (Å²) in [6.07, 6.45) is 0.554. The van der Waals surface area contributed by atoms with Crippen molar-refractivity contribution in [3.05, 3.63) is 65.2 Å². The van der Waals surface area contributed by atoms with Gasteiger partial charge in [0, 0.05) is 25.9 Å². The molecule has 31 heavy (non-hydrogen) atoms. The number of amides is 2. The molecule has 7 heteroatoms. The van der Waals surface area contributed by atoms with Gasteiger partial charge in [-0.25, -0.2) is 5.01 Å². The highest BCUT2D eigenvalue weighted by Crippen LogP contribution is 2.26. The number of hydrogen-bond acceptors (Lipinski definition) is 5. The molecule has 0 aliphatic carbocycles.